The number of aryl methyl sites for hydroxylation is 1. The standard InChI is InChI=1S/C18H23NO4S/c1-14-5-8-16(9-6-14)24(20,21)23-12-11-15-7-10-18(22-4)17(13-15)19(2)3/h5-10,13H,11-12H2,1-4H3. The number of anilines is 1. The minimum Gasteiger partial charge on any atom is -0.495 e. The Morgan fingerprint density at radius 3 is 2.29 bits per heavy atom. The molecule has 0 heterocycles. The van der Waals surface area contributed by atoms with Crippen LogP contribution in [0.4, 0.5) is 5.69 Å². The summed E-state index contributed by atoms with van der Waals surface area (Å²) in [5.74, 6) is 0.775. The molecule has 0 radical (unpaired) electrons. The Kier molecular flexibility index (Phi) is 5.85. The van der Waals surface area contributed by atoms with E-state index in [1.807, 2.05) is 44.1 Å². The maximum absolute atomic E-state index is 12.2. The summed E-state index contributed by atoms with van der Waals surface area (Å²) >= 11 is 0. The second-order valence-electron chi connectivity index (χ2n) is 5.74. The first-order valence-corrected chi connectivity index (χ1v) is 9.04. The van der Waals surface area contributed by atoms with Crippen molar-refractivity contribution in [2.24, 2.45) is 0 Å². The molecule has 0 saturated carbocycles. The van der Waals surface area contributed by atoms with Gasteiger partial charge in [0.1, 0.15) is 5.75 Å². The number of hydrogen-bond acceptors (Lipinski definition) is 5. The van der Waals surface area contributed by atoms with Gasteiger partial charge in [0.05, 0.1) is 24.3 Å². The number of hydrogen-bond donors (Lipinski definition) is 0. The van der Waals surface area contributed by atoms with Crippen molar-refractivity contribution in [3.05, 3.63) is 53.6 Å². The summed E-state index contributed by atoms with van der Waals surface area (Å²) in [5, 5.41) is 0. The van der Waals surface area contributed by atoms with Crippen molar-refractivity contribution in [3.63, 3.8) is 0 Å². The van der Waals surface area contributed by atoms with Gasteiger partial charge in [-0.15, -0.1) is 0 Å². The van der Waals surface area contributed by atoms with Crippen LogP contribution in [0.25, 0.3) is 0 Å². The zero-order valence-corrected chi connectivity index (χ0v) is 15.3. The quantitative estimate of drug-likeness (QED) is 0.719. The lowest BCUT2D eigenvalue weighted by Crippen LogP contribution is -2.12. The molecule has 0 unspecified atom stereocenters. The van der Waals surface area contributed by atoms with Gasteiger partial charge >= 0.3 is 0 Å². The Morgan fingerprint density at radius 2 is 1.71 bits per heavy atom. The van der Waals surface area contributed by atoms with Gasteiger partial charge < -0.3 is 9.64 Å². The molecule has 0 saturated heterocycles. The minimum absolute atomic E-state index is 0.0927. The van der Waals surface area contributed by atoms with Crippen LogP contribution in [0.3, 0.4) is 0 Å². The molecule has 0 bridgehead atoms. The van der Waals surface area contributed by atoms with Gasteiger partial charge in [-0.3, -0.25) is 4.18 Å². The molecule has 0 atom stereocenters. The molecule has 130 valence electrons. The average Bonchev–Trinajstić information content (AvgIpc) is 2.55. The van der Waals surface area contributed by atoms with Crippen molar-refractivity contribution < 1.29 is 17.3 Å². The maximum atomic E-state index is 12.2. The molecule has 2 aromatic rings. The van der Waals surface area contributed by atoms with E-state index in [2.05, 4.69) is 0 Å². The van der Waals surface area contributed by atoms with Crippen LogP contribution in [0.2, 0.25) is 0 Å². The Balaban J connectivity index is 2.03. The summed E-state index contributed by atoms with van der Waals surface area (Å²) in [6.07, 6.45) is 0.496. The first-order chi connectivity index (χ1) is 11.3. The van der Waals surface area contributed by atoms with E-state index in [1.165, 1.54) is 0 Å². The topological polar surface area (TPSA) is 55.8 Å². The average molecular weight is 349 g/mol. The van der Waals surface area contributed by atoms with Crippen LogP contribution in [-0.2, 0) is 20.7 Å². The fraction of sp³-hybridized carbons (Fsp3) is 0.333. The molecule has 0 spiro atoms. The van der Waals surface area contributed by atoms with Crippen LogP contribution in [0.5, 0.6) is 5.75 Å². The van der Waals surface area contributed by atoms with E-state index < -0.39 is 10.1 Å². The normalized spacial score (nSPS) is 11.3. The summed E-state index contributed by atoms with van der Waals surface area (Å²) in [5.41, 5.74) is 2.93. The molecule has 0 fully saturated rings. The summed E-state index contributed by atoms with van der Waals surface area (Å²) in [6, 6.07) is 12.4. The van der Waals surface area contributed by atoms with Crippen LogP contribution < -0.4 is 9.64 Å². The highest BCUT2D eigenvalue weighted by Gasteiger charge is 2.15. The van der Waals surface area contributed by atoms with Gasteiger partial charge in [0.25, 0.3) is 10.1 Å². The smallest absolute Gasteiger partial charge is 0.296 e. The molecular formula is C18H23NO4S. The molecular weight excluding hydrogens is 326 g/mol. The summed E-state index contributed by atoms with van der Waals surface area (Å²) in [7, 11) is 1.76. The number of ether oxygens (including phenoxy) is 1. The fourth-order valence-electron chi connectivity index (χ4n) is 2.28. The van der Waals surface area contributed by atoms with Crippen molar-refractivity contribution in [2.75, 3.05) is 32.7 Å². The predicted octanol–water partition coefficient (Wildman–Crippen LogP) is 3.02. The highest BCUT2D eigenvalue weighted by Crippen LogP contribution is 2.28. The third kappa shape index (κ3) is 4.49. The maximum Gasteiger partial charge on any atom is 0.296 e. The van der Waals surface area contributed by atoms with Crippen molar-refractivity contribution >= 4 is 15.8 Å². The summed E-state index contributed by atoms with van der Waals surface area (Å²) in [4.78, 5) is 2.13. The molecule has 0 aliphatic heterocycles. The Hall–Kier alpha value is -2.05. The van der Waals surface area contributed by atoms with Crippen molar-refractivity contribution in [1.29, 1.82) is 0 Å². The summed E-state index contributed by atoms with van der Waals surface area (Å²) in [6.45, 7) is 2.00. The molecule has 6 heteroatoms. The minimum atomic E-state index is -3.72. The zero-order chi connectivity index (χ0) is 17.7. The molecule has 2 rings (SSSR count). The molecule has 0 N–H and O–H groups in total. The monoisotopic (exact) mass is 349 g/mol. The van der Waals surface area contributed by atoms with Crippen LogP contribution in [0.1, 0.15) is 11.1 Å². The van der Waals surface area contributed by atoms with Crippen LogP contribution in [0, 0.1) is 6.92 Å². The second kappa shape index (κ2) is 7.68. The lowest BCUT2D eigenvalue weighted by Gasteiger charge is -2.17. The van der Waals surface area contributed by atoms with E-state index >= 15 is 0 Å². The van der Waals surface area contributed by atoms with E-state index in [4.69, 9.17) is 8.92 Å². The predicted molar refractivity (Wildman–Crippen MR) is 95.3 cm³/mol. The van der Waals surface area contributed by atoms with Gasteiger partial charge in [0.15, 0.2) is 0 Å². The number of methoxy groups -OCH3 is 1. The van der Waals surface area contributed by atoms with E-state index in [9.17, 15) is 8.42 Å². The third-order valence-corrected chi connectivity index (χ3v) is 4.99. The first-order valence-electron chi connectivity index (χ1n) is 7.64. The lowest BCUT2D eigenvalue weighted by atomic mass is 10.1. The number of nitrogens with zero attached hydrogens (tertiary/aromatic N) is 1. The second-order valence-corrected chi connectivity index (χ2v) is 7.36. The van der Waals surface area contributed by atoms with Gasteiger partial charge in [-0.05, 0) is 43.2 Å². The van der Waals surface area contributed by atoms with Crippen molar-refractivity contribution in [2.45, 2.75) is 18.2 Å². The van der Waals surface area contributed by atoms with Gasteiger partial charge in [-0.2, -0.15) is 8.42 Å². The Bertz CT molecular complexity index is 783. The van der Waals surface area contributed by atoms with Crippen molar-refractivity contribution in [3.8, 4) is 5.75 Å². The zero-order valence-electron chi connectivity index (χ0n) is 14.4. The lowest BCUT2D eigenvalue weighted by molar-refractivity contribution is 0.322. The van der Waals surface area contributed by atoms with Crippen molar-refractivity contribution in [1.82, 2.24) is 0 Å². The Morgan fingerprint density at radius 1 is 1.04 bits per heavy atom. The highest BCUT2D eigenvalue weighted by atomic mass is 32.2. The number of rotatable bonds is 7. The third-order valence-electron chi connectivity index (χ3n) is 3.66. The SMILES string of the molecule is COc1ccc(CCOS(=O)(=O)c2ccc(C)cc2)cc1N(C)C. The van der Waals surface area contributed by atoms with E-state index in [0.29, 0.717) is 6.42 Å². The van der Waals surface area contributed by atoms with E-state index in [1.54, 1.807) is 31.4 Å². The van der Waals surface area contributed by atoms with E-state index in [-0.39, 0.29) is 11.5 Å². The van der Waals surface area contributed by atoms with Gasteiger partial charge in [-0.1, -0.05) is 23.8 Å². The summed E-state index contributed by atoms with van der Waals surface area (Å²) < 4.78 is 34.8. The van der Waals surface area contributed by atoms with E-state index in [0.717, 1.165) is 22.6 Å². The largest absolute Gasteiger partial charge is 0.495 e. The Labute approximate surface area is 143 Å². The first kappa shape index (κ1) is 18.3. The molecule has 0 aromatic heterocycles. The molecule has 5 nitrogen and oxygen atoms in total. The molecule has 0 aliphatic carbocycles. The fourth-order valence-corrected chi connectivity index (χ4v) is 3.19. The molecule has 0 amide bonds. The van der Waals surface area contributed by atoms with Crippen LogP contribution in [0.15, 0.2) is 47.4 Å². The van der Waals surface area contributed by atoms with Gasteiger partial charge in [-0.25, -0.2) is 0 Å². The molecule has 0 aliphatic rings. The molecule has 24 heavy (non-hydrogen) atoms. The van der Waals surface area contributed by atoms with Gasteiger partial charge in [0.2, 0.25) is 0 Å². The van der Waals surface area contributed by atoms with Crippen LogP contribution in [-0.4, -0.2) is 36.2 Å². The molecule has 2 aromatic carbocycles. The van der Waals surface area contributed by atoms with Gasteiger partial charge in [0, 0.05) is 14.1 Å². The highest BCUT2D eigenvalue weighted by molar-refractivity contribution is 7.86. The number of benzene rings is 2. The van der Waals surface area contributed by atoms with Crippen LogP contribution >= 0.6 is 0 Å².